The summed E-state index contributed by atoms with van der Waals surface area (Å²) in [6, 6.07) is 1.52. The Kier molecular flexibility index (Phi) is 1.88. The van der Waals surface area contributed by atoms with Crippen LogP contribution in [0, 0.1) is 0 Å². The van der Waals surface area contributed by atoms with Gasteiger partial charge in [-0.1, -0.05) is 0 Å². The third kappa shape index (κ3) is 1.41. The number of alkyl halides is 2. The van der Waals surface area contributed by atoms with Crippen molar-refractivity contribution in [1.82, 2.24) is 14.6 Å². The average Bonchev–Trinajstić information content (AvgIpc) is 2.63. The van der Waals surface area contributed by atoms with Gasteiger partial charge in [-0.2, -0.15) is 13.9 Å². The quantitative estimate of drug-likeness (QED) is 0.804. The molecular weight excluding hydrogens is 208 g/mol. The molecule has 1 N–H and O–H groups in total. The predicted octanol–water partition coefficient (Wildman–Crippen LogP) is 0.906. The number of carboxylic acid groups (broad SMARTS) is 1. The second-order valence-corrected chi connectivity index (χ2v) is 2.86. The van der Waals surface area contributed by atoms with Gasteiger partial charge in [-0.15, -0.1) is 0 Å². The summed E-state index contributed by atoms with van der Waals surface area (Å²) < 4.78 is 27.2. The van der Waals surface area contributed by atoms with E-state index in [4.69, 9.17) is 5.11 Å². The Morgan fingerprint density at radius 1 is 1.53 bits per heavy atom. The first kappa shape index (κ1) is 9.50. The lowest BCUT2D eigenvalue weighted by Gasteiger charge is -2.10. The number of hydrogen-bond acceptors (Lipinski definition) is 3. The van der Waals surface area contributed by atoms with Crippen molar-refractivity contribution in [3.63, 3.8) is 0 Å². The molecule has 0 atom stereocenters. The van der Waals surface area contributed by atoms with E-state index in [0.717, 1.165) is 16.9 Å². The van der Waals surface area contributed by atoms with Crippen LogP contribution in [-0.2, 0) is 10.7 Å². The van der Waals surface area contributed by atoms with Crippen molar-refractivity contribution in [2.75, 3.05) is 0 Å². The molecule has 0 saturated carbocycles. The summed E-state index contributed by atoms with van der Waals surface area (Å²) in [5.41, 5.74) is -0.328. The van der Waals surface area contributed by atoms with Gasteiger partial charge in [-0.25, -0.2) is 14.3 Å². The Morgan fingerprint density at radius 3 is 2.93 bits per heavy atom. The van der Waals surface area contributed by atoms with Gasteiger partial charge < -0.3 is 5.11 Å². The summed E-state index contributed by atoms with van der Waals surface area (Å²) >= 11 is 0. The van der Waals surface area contributed by atoms with E-state index in [9.17, 15) is 13.6 Å². The van der Waals surface area contributed by atoms with Crippen molar-refractivity contribution >= 4 is 11.6 Å². The summed E-state index contributed by atoms with van der Waals surface area (Å²) in [6.07, 6.45) is 3.15. The topological polar surface area (TPSA) is 67.5 Å². The first-order valence-electron chi connectivity index (χ1n) is 3.93. The van der Waals surface area contributed by atoms with Crippen molar-refractivity contribution in [3.8, 4) is 0 Å². The summed E-state index contributed by atoms with van der Waals surface area (Å²) in [4.78, 5) is 13.9. The van der Waals surface area contributed by atoms with E-state index < -0.39 is 17.5 Å². The monoisotopic (exact) mass is 213 g/mol. The van der Waals surface area contributed by atoms with Crippen LogP contribution in [0.4, 0.5) is 8.78 Å². The fourth-order valence-corrected chi connectivity index (χ4v) is 1.10. The maximum absolute atomic E-state index is 13.0. The molecule has 2 aromatic heterocycles. The molecular formula is C8H5F2N3O2. The number of halogens is 2. The minimum Gasteiger partial charge on any atom is -0.477 e. The summed E-state index contributed by atoms with van der Waals surface area (Å²) in [5, 5.41) is 12.0. The van der Waals surface area contributed by atoms with Crippen LogP contribution in [0.2, 0.25) is 0 Å². The van der Waals surface area contributed by atoms with Gasteiger partial charge >= 0.3 is 11.9 Å². The Hall–Kier alpha value is -2.05. The van der Waals surface area contributed by atoms with E-state index in [0.29, 0.717) is 5.65 Å². The Balaban J connectivity index is 2.57. The molecule has 7 heteroatoms. The summed E-state index contributed by atoms with van der Waals surface area (Å²) in [5.74, 6) is -6.16. The minimum atomic E-state index is -3.95. The van der Waals surface area contributed by atoms with Gasteiger partial charge in [0.1, 0.15) is 0 Å². The molecule has 15 heavy (non-hydrogen) atoms. The standard InChI is InChI=1S/C8H5F2N3O2/c9-8(10,7(14)15)5-3-11-6-1-2-12-13(6)4-5/h1-4H,(H,14,15). The lowest BCUT2D eigenvalue weighted by Crippen LogP contribution is -2.26. The van der Waals surface area contributed by atoms with Crippen LogP contribution in [0.15, 0.2) is 24.7 Å². The normalized spacial score (nSPS) is 11.9. The van der Waals surface area contributed by atoms with Gasteiger partial charge in [-0.3, -0.25) is 0 Å². The van der Waals surface area contributed by atoms with Crippen molar-refractivity contribution in [1.29, 1.82) is 0 Å². The number of fused-ring (bicyclic) bond motifs is 1. The largest absolute Gasteiger partial charge is 0.477 e. The zero-order valence-electron chi connectivity index (χ0n) is 7.26. The first-order valence-corrected chi connectivity index (χ1v) is 3.93. The summed E-state index contributed by atoms with van der Waals surface area (Å²) in [6.45, 7) is 0. The molecule has 2 heterocycles. The highest BCUT2D eigenvalue weighted by Gasteiger charge is 2.41. The molecule has 0 saturated heterocycles. The molecule has 0 unspecified atom stereocenters. The first-order chi connectivity index (χ1) is 7.01. The zero-order chi connectivity index (χ0) is 11.1. The fourth-order valence-electron chi connectivity index (χ4n) is 1.10. The van der Waals surface area contributed by atoms with Crippen LogP contribution in [0.1, 0.15) is 5.56 Å². The van der Waals surface area contributed by atoms with Crippen LogP contribution in [0.5, 0.6) is 0 Å². The van der Waals surface area contributed by atoms with Crippen molar-refractivity contribution < 1.29 is 18.7 Å². The SMILES string of the molecule is O=C(O)C(F)(F)c1cnc2ccnn2c1. The Bertz CT molecular complexity index is 523. The van der Waals surface area contributed by atoms with Crippen LogP contribution in [-0.4, -0.2) is 25.7 Å². The highest BCUT2D eigenvalue weighted by Crippen LogP contribution is 2.27. The molecule has 0 aromatic carbocycles. The number of aliphatic carboxylic acids is 1. The van der Waals surface area contributed by atoms with Crippen molar-refractivity contribution in [2.45, 2.75) is 5.92 Å². The molecule has 0 aliphatic carbocycles. The second kappa shape index (κ2) is 2.97. The van der Waals surface area contributed by atoms with Crippen molar-refractivity contribution in [2.24, 2.45) is 0 Å². The molecule has 0 aliphatic heterocycles. The fraction of sp³-hybridized carbons (Fsp3) is 0.125. The number of aromatic nitrogens is 3. The van der Waals surface area contributed by atoms with Gasteiger partial charge in [0, 0.05) is 18.5 Å². The van der Waals surface area contributed by atoms with Crippen LogP contribution >= 0.6 is 0 Å². The number of carbonyl (C=O) groups is 1. The molecule has 5 nitrogen and oxygen atoms in total. The van der Waals surface area contributed by atoms with Gasteiger partial charge in [0.2, 0.25) is 0 Å². The highest BCUT2D eigenvalue weighted by atomic mass is 19.3. The highest BCUT2D eigenvalue weighted by molar-refractivity contribution is 5.77. The third-order valence-corrected chi connectivity index (χ3v) is 1.88. The van der Waals surface area contributed by atoms with E-state index in [1.807, 2.05) is 0 Å². The lowest BCUT2D eigenvalue weighted by molar-refractivity contribution is -0.166. The zero-order valence-corrected chi connectivity index (χ0v) is 7.26. The van der Waals surface area contributed by atoms with Gasteiger partial charge in [0.05, 0.1) is 11.8 Å². The van der Waals surface area contributed by atoms with E-state index in [1.54, 1.807) is 0 Å². The number of carboxylic acids is 1. The Morgan fingerprint density at radius 2 is 2.27 bits per heavy atom. The smallest absolute Gasteiger partial charge is 0.379 e. The molecule has 0 amide bonds. The minimum absolute atomic E-state index is 0.375. The van der Waals surface area contributed by atoms with E-state index in [-0.39, 0.29) is 0 Å². The molecule has 0 radical (unpaired) electrons. The molecule has 0 bridgehead atoms. The third-order valence-electron chi connectivity index (χ3n) is 1.88. The van der Waals surface area contributed by atoms with Gasteiger partial charge in [0.15, 0.2) is 5.65 Å². The average molecular weight is 213 g/mol. The van der Waals surface area contributed by atoms with Gasteiger partial charge in [0.25, 0.3) is 0 Å². The predicted molar refractivity (Wildman–Crippen MR) is 44.5 cm³/mol. The van der Waals surface area contributed by atoms with Crippen LogP contribution < -0.4 is 0 Å². The van der Waals surface area contributed by atoms with E-state index >= 15 is 0 Å². The molecule has 0 fully saturated rings. The molecule has 0 spiro atoms. The van der Waals surface area contributed by atoms with E-state index in [2.05, 4.69) is 10.1 Å². The number of nitrogens with zero attached hydrogens (tertiary/aromatic N) is 3. The van der Waals surface area contributed by atoms with Crippen molar-refractivity contribution in [3.05, 3.63) is 30.2 Å². The lowest BCUT2D eigenvalue weighted by atomic mass is 10.2. The molecule has 2 aromatic rings. The Labute approximate surface area is 82.0 Å². The molecule has 2 rings (SSSR count). The molecule has 78 valence electrons. The van der Waals surface area contributed by atoms with E-state index in [1.165, 1.54) is 12.3 Å². The summed E-state index contributed by atoms with van der Waals surface area (Å²) in [7, 11) is 0. The maximum atomic E-state index is 13.0. The maximum Gasteiger partial charge on any atom is 0.379 e. The second-order valence-electron chi connectivity index (χ2n) is 2.86. The van der Waals surface area contributed by atoms with Gasteiger partial charge in [-0.05, 0) is 0 Å². The van der Waals surface area contributed by atoms with Crippen LogP contribution in [0.3, 0.4) is 0 Å². The number of rotatable bonds is 2. The van der Waals surface area contributed by atoms with Crippen LogP contribution in [0.25, 0.3) is 5.65 Å². The molecule has 0 aliphatic rings. The number of hydrogen-bond donors (Lipinski definition) is 1.